The number of hydrogen-bond acceptors (Lipinski definition) is 6. The molecule has 1 heterocycles. The van der Waals surface area contributed by atoms with Gasteiger partial charge in [0.1, 0.15) is 18.5 Å². The molecule has 3 N–H and O–H groups in total. The predicted molar refractivity (Wildman–Crippen MR) is 146 cm³/mol. The standard InChI is InChI=1S/C30H34N4O5/c1-18(2)31-30(37)39-21-12-11-20(13-21)26-15-28(34-33-26)32-29(36)24-14-23(24)22-9-6-10-27(25(22)16-35)38-17-19-7-4-3-5-8-19/h3-10,15-16,18,20-21,23-24H,11-14,17H2,1-2H3,(H,31,37)(H2,32,33,34,36)/t20-,21+,23-,24+/m0/s1. The highest BCUT2D eigenvalue weighted by Crippen LogP contribution is 2.50. The topological polar surface area (TPSA) is 122 Å². The summed E-state index contributed by atoms with van der Waals surface area (Å²) in [6, 6.07) is 17.2. The molecule has 204 valence electrons. The first-order valence-electron chi connectivity index (χ1n) is 13.5. The molecule has 0 radical (unpaired) electrons. The molecule has 0 aliphatic heterocycles. The summed E-state index contributed by atoms with van der Waals surface area (Å²) < 4.78 is 11.5. The minimum atomic E-state index is -0.391. The lowest BCUT2D eigenvalue weighted by Crippen LogP contribution is -2.33. The first kappa shape index (κ1) is 26.5. The SMILES string of the molecule is CC(C)NC(=O)O[C@@H]1CC[C@H](c2cc(NC(=O)[C@@H]3C[C@H]3c3cccc(OCc4ccccc4)c3C=O)n[nH]2)C1. The van der Waals surface area contributed by atoms with Crippen LogP contribution >= 0.6 is 0 Å². The molecule has 2 aliphatic carbocycles. The van der Waals surface area contributed by atoms with Crippen LogP contribution in [0.5, 0.6) is 5.75 Å². The molecule has 0 spiro atoms. The van der Waals surface area contributed by atoms with Crippen LogP contribution in [0.25, 0.3) is 0 Å². The van der Waals surface area contributed by atoms with Gasteiger partial charge in [0, 0.05) is 29.6 Å². The zero-order chi connectivity index (χ0) is 27.4. The quantitative estimate of drug-likeness (QED) is 0.305. The molecule has 9 heteroatoms. The first-order valence-corrected chi connectivity index (χ1v) is 13.5. The second kappa shape index (κ2) is 11.7. The van der Waals surface area contributed by atoms with E-state index in [9.17, 15) is 14.4 Å². The first-order chi connectivity index (χ1) is 18.9. The van der Waals surface area contributed by atoms with E-state index in [4.69, 9.17) is 9.47 Å². The summed E-state index contributed by atoms with van der Waals surface area (Å²) in [6.45, 7) is 4.14. The van der Waals surface area contributed by atoms with Crippen molar-refractivity contribution >= 4 is 24.1 Å². The van der Waals surface area contributed by atoms with Gasteiger partial charge in [-0.1, -0.05) is 42.5 Å². The maximum atomic E-state index is 13.0. The van der Waals surface area contributed by atoms with E-state index in [-0.39, 0.29) is 35.8 Å². The van der Waals surface area contributed by atoms with Crippen molar-refractivity contribution in [1.29, 1.82) is 0 Å². The van der Waals surface area contributed by atoms with Gasteiger partial charge in [-0.3, -0.25) is 14.7 Å². The van der Waals surface area contributed by atoms with Crippen LogP contribution in [0.4, 0.5) is 10.6 Å². The van der Waals surface area contributed by atoms with Gasteiger partial charge in [0.25, 0.3) is 0 Å². The Kier molecular flexibility index (Phi) is 7.95. The van der Waals surface area contributed by atoms with Gasteiger partial charge in [-0.2, -0.15) is 5.10 Å². The molecule has 2 amide bonds. The molecule has 9 nitrogen and oxygen atoms in total. The van der Waals surface area contributed by atoms with E-state index in [1.54, 1.807) is 6.07 Å². The lowest BCUT2D eigenvalue weighted by molar-refractivity contribution is -0.117. The van der Waals surface area contributed by atoms with Crippen LogP contribution in [0.3, 0.4) is 0 Å². The number of anilines is 1. The molecule has 0 saturated heterocycles. The number of aldehydes is 1. The van der Waals surface area contributed by atoms with Gasteiger partial charge in [-0.05, 0) is 62.6 Å². The van der Waals surface area contributed by atoms with Crippen molar-refractivity contribution in [3.05, 3.63) is 77.0 Å². The van der Waals surface area contributed by atoms with Crippen molar-refractivity contribution in [3.8, 4) is 5.75 Å². The Hall–Kier alpha value is -4.14. The Morgan fingerprint density at radius 2 is 1.92 bits per heavy atom. The molecule has 2 fully saturated rings. The number of aromatic amines is 1. The number of nitrogens with one attached hydrogen (secondary N) is 3. The zero-order valence-electron chi connectivity index (χ0n) is 22.2. The van der Waals surface area contributed by atoms with Crippen LogP contribution in [-0.2, 0) is 16.1 Å². The number of amides is 2. The second-order valence-corrected chi connectivity index (χ2v) is 10.6. The summed E-state index contributed by atoms with van der Waals surface area (Å²) in [7, 11) is 0. The molecule has 4 atom stereocenters. The number of aromatic nitrogens is 2. The van der Waals surface area contributed by atoms with Crippen molar-refractivity contribution in [3.63, 3.8) is 0 Å². The third-order valence-corrected chi connectivity index (χ3v) is 7.34. The van der Waals surface area contributed by atoms with E-state index in [1.165, 1.54) is 0 Å². The largest absolute Gasteiger partial charge is 0.488 e. The molecule has 1 aromatic heterocycles. The third kappa shape index (κ3) is 6.47. The zero-order valence-corrected chi connectivity index (χ0v) is 22.2. The van der Waals surface area contributed by atoms with Crippen LogP contribution in [-0.4, -0.2) is 40.6 Å². The molecule has 5 rings (SSSR count). The molecule has 0 unspecified atom stereocenters. The fraction of sp³-hybridized carbons (Fsp3) is 0.400. The van der Waals surface area contributed by atoms with E-state index < -0.39 is 6.09 Å². The maximum absolute atomic E-state index is 13.0. The molecule has 2 saturated carbocycles. The van der Waals surface area contributed by atoms with Gasteiger partial charge in [0.15, 0.2) is 12.1 Å². The number of carbonyl (C=O) groups excluding carboxylic acids is 3. The number of H-pyrrole nitrogens is 1. The minimum Gasteiger partial charge on any atom is -0.488 e. The highest BCUT2D eigenvalue weighted by Gasteiger charge is 2.45. The van der Waals surface area contributed by atoms with Gasteiger partial charge in [-0.15, -0.1) is 0 Å². The van der Waals surface area contributed by atoms with Crippen LogP contribution in [0.2, 0.25) is 0 Å². The number of benzene rings is 2. The van der Waals surface area contributed by atoms with Gasteiger partial charge in [0.2, 0.25) is 5.91 Å². The van der Waals surface area contributed by atoms with E-state index >= 15 is 0 Å². The summed E-state index contributed by atoms with van der Waals surface area (Å²) in [5, 5.41) is 13.0. The number of rotatable bonds is 10. The Morgan fingerprint density at radius 3 is 2.69 bits per heavy atom. The second-order valence-electron chi connectivity index (χ2n) is 10.6. The monoisotopic (exact) mass is 530 g/mol. The highest BCUT2D eigenvalue weighted by molar-refractivity contribution is 5.95. The molecule has 2 aliphatic rings. The van der Waals surface area contributed by atoms with Crippen molar-refractivity contribution in [2.24, 2.45) is 5.92 Å². The van der Waals surface area contributed by atoms with E-state index in [2.05, 4.69) is 20.8 Å². The van der Waals surface area contributed by atoms with Crippen molar-refractivity contribution in [2.75, 3.05) is 5.32 Å². The van der Waals surface area contributed by atoms with Gasteiger partial charge in [0.05, 0.1) is 5.56 Å². The summed E-state index contributed by atoms with van der Waals surface area (Å²) in [5.41, 5.74) is 3.26. The minimum absolute atomic E-state index is 0.0291. The van der Waals surface area contributed by atoms with Crippen LogP contribution < -0.4 is 15.4 Å². The van der Waals surface area contributed by atoms with E-state index in [0.29, 0.717) is 36.6 Å². The molecule has 2 aromatic carbocycles. The summed E-state index contributed by atoms with van der Waals surface area (Å²) in [5.74, 6) is 0.768. The summed E-state index contributed by atoms with van der Waals surface area (Å²) in [6.07, 6.45) is 3.31. The Balaban J connectivity index is 1.15. The normalized spacial score (nSPS) is 21.8. The summed E-state index contributed by atoms with van der Waals surface area (Å²) in [4.78, 5) is 36.9. The Labute approximate surface area is 227 Å². The smallest absolute Gasteiger partial charge is 0.407 e. The van der Waals surface area contributed by atoms with Gasteiger partial charge >= 0.3 is 6.09 Å². The van der Waals surface area contributed by atoms with E-state index in [1.807, 2.05) is 62.4 Å². The van der Waals surface area contributed by atoms with Crippen LogP contribution in [0, 0.1) is 5.92 Å². The molecular formula is C30H34N4O5. The lowest BCUT2D eigenvalue weighted by atomic mass is 10.0. The van der Waals surface area contributed by atoms with Gasteiger partial charge in [-0.25, -0.2) is 4.79 Å². The van der Waals surface area contributed by atoms with Gasteiger partial charge < -0.3 is 20.1 Å². The number of hydrogen-bond donors (Lipinski definition) is 3. The number of nitrogens with zero attached hydrogens (tertiary/aromatic N) is 1. The van der Waals surface area contributed by atoms with Crippen molar-refractivity contribution in [1.82, 2.24) is 15.5 Å². The van der Waals surface area contributed by atoms with E-state index in [0.717, 1.165) is 35.9 Å². The number of carbonyl (C=O) groups is 3. The Morgan fingerprint density at radius 1 is 1.10 bits per heavy atom. The lowest BCUT2D eigenvalue weighted by Gasteiger charge is -2.14. The summed E-state index contributed by atoms with van der Waals surface area (Å²) >= 11 is 0. The predicted octanol–water partition coefficient (Wildman–Crippen LogP) is 5.31. The Bertz CT molecular complexity index is 1320. The molecule has 39 heavy (non-hydrogen) atoms. The van der Waals surface area contributed by atoms with Crippen LogP contribution in [0.1, 0.15) is 78.5 Å². The highest BCUT2D eigenvalue weighted by atomic mass is 16.6. The molecular weight excluding hydrogens is 496 g/mol. The molecule has 0 bridgehead atoms. The number of alkyl carbamates (subject to hydrolysis) is 1. The maximum Gasteiger partial charge on any atom is 0.407 e. The molecule has 3 aromatic rings. The average molecular weight is 531 g/mol. The number of ether oxygens (including phenoxy) is 2. The van der Waals surface area contributed by atoms with Crippen LogP contribution in [0.15, 0.2) is 54.6 Å². The fourth-order valence-corrected chi connectivity index (χ4v) is 5.28. The fourth-order valence-electron chi connectivity index (χ4n) is 5.28. The van der Waals surface area contributed by atoms with Crippen molar-refractivity contribution in [2.45, 2.75) is 70.1 Å². The third-order valence-electron chi connectivity index (χ3n) is 7.34. The van der Waals surface area contributed by atoms with Crippen molar-refractivity contribution < 1.29 is 23.9 Å². The average Bonchev–Trinajstić information content (AvgIpc) is 3.36.